The van der Waals surface area contributed by atoms with Crippen molar-refractivity contribution in [1.82, 2.24) is 0 Å². The van der Waals surface area contributed by atoms with E-state index < -0.39 is 6.10 Å². The highest BCUT2D eigenvalue weighted by molar-refractivity contribution is 5.70. The Balaban J connectivity index is 3.44. The molecule has 0 aliphatic heterocycles. The summed E-state index contributed by atoms with van der Waals surface area (Å²) in [4.78, 5) is 24.5. The van der Waals surface area contributed by atoms with Crippen molar-refractivity contribution in [2.24, 2.45) is 0 Å². The first-order chi connectivity index (χ1) is 34.6. The van der Waals surface area contributed by atoms with Crippen molar-refractivity contribution < 1.29 is 24.2 Å². The van der Waals surface area contributed by atoms with Gasteiger partial charge in [0.2, 0.25) is 0 Å². The average molecular weight is 974 g/mol. The third-order valence-corrected chi connectivity index (χ3v) is 12.9. The number of aliphatic hydroxyl groups excluding tert-OH is 1. The molecule has 0 saturated heterocycles. The van der Waals surface area contributed by atoms with E-state index in [2.05, 4.69) is 111 Å². The lowest BCUT2D eigenvalue weighted by atomic mass is 10.0. The third-order valence-electron chi connectivity index (χ3n) is 12.9. The van der Waals surface area contributed by atoms with Gasteiger partial charge in [-0.1, -0.05) is 278 Å². The summed E-state index contributed by atoms with van der Waals surface area (Å²) in [5, 5.41) is 9.65. The number of rotatable bonds is 54. The molecule has 1 atom stereocenters. The largest absolute Gasteiger partial charge is 0.462 e. The molecule has 1 N–H and O–H groups in total. The Morgan fingerprint density at radius 3 is 0.857 bits per heavy atom. The van der Waals surface area contributed by atoms with E-state index in [0.717, 1.165) is 96.3 Å². The zero-order valence-corrected chi connectivity index (χ0v) is 46.0. The van der Waals surface area contributed by atoms with E-state index in [0.29, 0.717) is 12.8 Å². The van der Waals surface area contributed by atoms with Crippen LogP contribution in [0, 0.1) is 0 Å². The molecule has 0 amide bonds. The molecule has 0 aromatic heterocycles. The smallest absolute Gasteiger partial charge is 0.306 e. The van der Waals surface area contributed by atoms with Gasteiger partial charge in [0.15, 0.2) is 6.10 Å². The van der Waals surface area contributed by atoms with Crippen molar-refractivity contribution in [3.63, 3.8) is 0 Å². The minimum Gasteiger partial charge on any atom is -0.462 e. The van der Waals surface area contributed by atoms with Crippen LogP contribution in [0.15, 0.2) is 97.2 Å². The van der Waals surface area contributed by atoms with Crippen molar-refractivity contribution in [1.29, 1.82) is 0 Å². The van der Waals surface area contributed by atoms with Crippen LogP contribution in [0.1, 0.15) is 284 Å². The molecule has 402 valence electrons. The molecule has 70 heavy (non-hydrogen) atoms. The third kappa shape index (κ3) is 57.4. The summed E-state index contributed by atoms with van der Waals surface area (Å²) in [5.41, 5.74) is 0. The first kappa shape index (κ1) is 66.8. The van der Waals surface area contributed by atoms with Gasteiger partial charge in [-0.25, -0.2) is 0 Å². The Hall–Kier alpha value is -3.18. The van der Waals surface area contributed by atoms with E-state index in [1.165, 1.54) is 161 Å². The number of carbonyl (C=O) groups excluding carboxylic acids is 2. The maximum Gasteiger partial charge on any atom is 0.306 e. The first-order valence-electron chi connectivity index (χ1n) is 29.8. The molecule has 0 fully saturated rings. The number of unbranched alkanes of at least 4 members (excludes halogenated alkanes) is 30. The van der Waals surface area contributed by atoms with Gasteiger partial charge in [-0.15, -0.1) is 0 Å². The van der Waals surface area contributed by atoms with Crippen molar-refractivity contribution in [3.05, 3.63) is 97.2 Å². The van der Waals surface area contributed by atoms with Crippen LogP contribution < -0.4 is 0 Å². The summed E-state index contributed by atoms with van der Waals surface area (Å²) in [6.45, 7) is 3.92. The van der Waals surface area contributed by atoms with Gasteiger partial charge in [-0.05, 0) is 89.9 Å². The van der Waals surface area contributed by atoms with E-state index in [-0.39, 0.29) is 25.2 Å². The quantitative estimate of drug-likeness (QED) is 0.0373. The highest BCUT2D eigenvalue weighted by atomic mass is 16.6. The van der Waals surface area contributed by atoms with E-state index in [4.69, 9.17) is 9.47 Å². The van der Waals surface area contributed by atoms with Gasteiger partial charge in [-0.2, -0.15) is 0 Å². The van der Waals surface area contributed by atoms with E-state index in [1.807, 2.05) is 0 Å². The standard InChI is InChI=1S/C65H112O5/c1-3-5-7-9-11-13-15-17-19-21-23-24-25-26-27-28-29-30-31-32-33-34-35-36-37-38-39-40-42-44-46-48-50-52-54-56-58-60-65(68)70-63(61-66)62-69-64(67)59-57-55-53-51-49-47-45-43-41-22-20-18-16-14-12-10-8-6-4-2/h5-8,11-14,17-20,23-24,41,43,63,66H,3-4,9-10,15-16,21-22,25-40,42,44-62H2,1-2H3/b7-5-,8-6-,13-11-,14-12-,19-17-,20-18-,24-23-,43-41-. The molecule has 5 nitrogen and oxygen atoms in total. The zero-order valence-electron chi connectivity index (χ0n) is 46.0. The van der Waals surface area contributed by atoms with Crippen LogP contribution in [0.3, 0.4) is 0 Å². The zero-order chi connectivity index (χ0) is 50.6. The number of hydrogen-bond donors (Lipinski definition) is 1. The second kappa shape index (κ2) is 60.1. The van der Waals surface area contributed by atoms with E-state index >= 15 is 0 Å². The average Bonchev–Trinajstić information content (AvgIpc) is 3.36. The molecular formula is C65H112O5. The van der Waals surface area contributed by atoms with Crippen molar-refractivity contribution >= 4 is 11.9 Å². The van der Waals surface area contributed by atoms with Crippen LogP contribution in [0.4, 0.5) is 0 Å². The number of hydrogen-bond acceptors (Lipinski definition) is 5. The molecule has 1 unspecified atom stereocenters. The number of ether oxygens (including phenoxy) is 2. The lowest BCUT2D eigenvalue weighted by Gasteiger charge is -2.15. The number of allylic oxidation sites excluding steroid dienone is 16. The van der Waals surface area contributed by atoms with Gasteiger partial charge in [0.05, 0.1) is 6.61 Å². The lowest BCUT2D eigenvalue weighted by molar-refractivity contribution is -0.161. The summed E-state index contributed by atoms with van der Waals surface area (Å²) in [7, 11) is 0. The Morgan fingerprint density at radius 2 is 0.571 bits per heavy atom. The van der Waals surface area contributed by atoms with Gasteiger partial charge in [0.1, 0.15) is 6.61 Å². The summed E-state index contributed by atoms with van der Waals surface area (Å²) in [6.07, 6.45) is 85.5. The summed E-state index contributed by atoms with van der Waals surface area (Å²) >= 11 is 0. The van der Waals surface area contributed by atoms with E-state index in [9.17, 15) is 14.7 Å². The summed E-state index contributed by atoms with van der Waals surface area (Å²) in [5.74, 6) is -0.600. The number of carbonyl (C=O) groups is 2. The SMILES string of the molecule is CC/C=C\C/C=C\C/C=C\C/C=C\CCCCCCCCCCCCCCCCCCCCCCCCCCC(=O)OC(CO)COC(=O)CCCCCCCC/C=C\C/C=C\C/C=C\C/C=C\CC. The van der Waals surface area contributed by atoms with Crippen molar-refractivity contribution in [2.45, 2.75) is 290 Å². The predicted octanol–water partition coefficient (Wildman–Crippen LogP) is 20.3. The van der Waals surface area contributed by atoms with Crippen LogP contribution in [-0.4, -0.2) is 36.4 Å². The minimum atomic E-state index is -0.782. The molecule has 0 aromatic rings. The number of esters is 2. The fraction of sp³-hybridized carbons (Fsp3) is 0.723. The van der Waals surface area contributed by atoms with Crippen LogP contribution >= 0.6 is 0 Å². The molecular weight excluding hydrogens is 861 g/mol. The fourth-order valence-corrected chi connectivity index (χ4v) is 8.48. The Bertz CT molecular complexity index is 1330. The van der Waals surface area contributed by atoms with Gasteiger partial charge in [0, 0.05) is 12.8 Å². The van der Waals surface area contributed by atoms with Gasteiger partial charge in [-0.3, -0.25) is 9.59 Å². The second-order valence-corrected chi connectivity index (χ2v) is 19.7. The Kier molecular flexibility index (Phi) is 57.4. The minimum absolute atomic E-state index is 0.0745. The van der Waals surface area contributed by atoms with Crippen molar-refractivity contribution in [3.8, 4) is 0 Å². The van der Waals surface area contributed by atoms with E-state index in [1.54, 1.807) is 0 Å². The fourth-order valence-electron chi connectivity index (χ4n) is 8.48. The van der Waals surface area contributed by atoms with Gasteiger partial charge < -0.3 is 14.6 Å². The molecule has 0 heterocycles. The second-order valence-electron chi connectivity index (χ2n) is 19.7. The summed E-state index contributed by atoms with van der Waals surface area (Å²) in [6, 6.07) is 0. The molecule has 0 bridgehead atoms. The van der Waals surface area contributed by atoms with Crippen LogP contribution in [-0.2, 0) is 19.1 Å². The normalized spacial score (nSPS) is 12.9. The maximum atomic E-state index is 12.3. The molecule has 0 spiro atoms. The molecule has 0 aliphatic carbocycles. The van der Waals surface area contributed by atoms with Crippen molar-refractivity contribution in [2.75, 3.05) is 13.2 Å². The van der Waals surface area contributed by atoms with Crippen LogP contribution in [0.25, 0.3) is 0 Å². The molecule has 5 heteroatoms. The highest BCUT2D eigenvalue weighted by Crippen LogP contribution is 2.17. The topological polar surface area (TPSA) is 72.8 Å². The maximum absolute atomic E-state index is 12.3. The number of aliphatic hydroxyl groups is 1. The first-order valence-corrected chi connectivity index (χ1v) is 29.8. The molecule has 0 aromatic carbocycles. The highest BCUT2D eigenvalue weighted by Gasteiger charge is 2.16. The molecule has 0 aliphatic rings. The van der Waals surface area contributed by atoms with Crippen LogP contribution in [0.5, 0.6) is 0 Å². The molecule has 0 saturated carbocycles. The van der Waals surface area contributed by atoms with Crippen LogP contribution in [0.2, 0.25) is 0 Å². The van der Waals surface area contributed by atoms with Gasteiger partial charge in [0.25, 0.3) is 0 Å². The molecule has 0 rings (SSSR count). The lowest BCUT2D eigenvalue weighted by Crippen LogP contribution is -2.28. The summed E-state index contributed by atoms with van der Waals surface area (Å²) < 4.78 is 10.7. The Labute approximate surface area is 434 Å². The Morgan fingerprint density at radius 1 is 0.329 bits per heavy atom. The monoisotopic (exact) mass is 973 g/mol. The predicted molar refractivity (Wildman–Crippen MR) is 306 cm³/mol. The molecule has 0 radical (unpaired) electrons. The van der Waals surface area contributed by atoms with Gasteiger partial charge >= 0.3 is 11.9 Å².